The Morgan fingerprint density at radius 1 is 1.17 bits per heavy atom. The standard InChI is InChI=1S/C26H24N2O7S/c1-5-33-25(30)22-14(2)27-26-28(23(22)15-6-8-19-20(11-15)35-13-34-19)24(29)21(36-26)12-16-10-17(31-3)7-9-18(16)32-4/h6-12,23H,5,13H2,1-4H3/b21-12-. The van der Waals surface area contributed by atoms with Gasteiger partial charge in [-0.05, 0) is 55.8 Å². The van der Waals surface area contributed by atoms with Crippen molar-refractivity contribution >= 4 is 23.4 Å². The highest BCUT2D eigenvalue weighted by molar-refractivity contribution is 7.07. The number of benzene rings is 2. The number of rotatable bonds is 6. The predicted molar refractivity (Wildman–Crippen MR) is 133 cm³/mol. The number of hydrogen-bond acceptors (Lipinski definition) is 9. The maximum Gasteiger partial charge on any atom is 0.338 e. The third-order valence-electron chi connectivity index (χ3n) is 5.95. The van der Waals surface area contributed by atoms with Crippen LogP contribution in [0, 0.1) is 0 Å². The number of esters is 1. The minimum absolute atomic E-state index is 0.115. The number of thiazole rings is 1. The van der Waals surface area contributed by atoms with Crippen molar-refractivity contribution < 1.29 is 28.5 Å². The maximum absolute atomic E-state index is 13.8. The largest absolute Gasteiger partial charge is 0.497 e. The van der Waals surface area contributed by atoms with Gasteiger partial charge in [0.2, 0.25) is 6.79 Å². The number of carbonyl (C=O) groups excluding carboxylic acids is 1. The van der Waals surface area contributed by atoms with Crippen LogP contribution >= 0.6 is 11.3 Å². The van der Waals surface area contributed by atoms with Gasteiger partial charge < -0.3 is 23.7 Å². The van der Waals surface area contributed by atoms with Crippen LogP contribution in [0.4, 0.5) is 0 Å². The zero-order valence-electron chi connectivity index (χ0n) is 20.2. The fourth-order valence-corrected chi connectivity index (χ4v) is 5.32. The lowest BCUT2D eigenvalue weighted by molar-refractivity contribution is -0.139. The lowest BCUT2D eigenvalue weighted by Gasteiger charge is -2.24. The first kappa shape index (κ1) is 23.7. The molecule has 1 unspecified atom stereocenters. The first-order valence-corrected chi connectivity index (χ1v) is 12.1. The van der Waals surface area contributed by atoms with Crippen LogP contribution in [0.2, 0.25) is 0 Å². The normalized spacial score (nSPS) is 16.4. The number of nitrogens with zero attached hydrogens (tertiary/aromatic N) is 2. The van der Waals surface area contributed by atoms with Gasteiger partial charge in [-0.25, -0.2) is 9.79 Å². The Hall–Kier alpha value is -4.05. The van der Waals surface area contributed by atoms with Gasteiger partial charge in [-0.15, -0.1) is 0 Å². The van der Waals surface area contributed by atoms with E-state index in [9.17, 15) is 9.59 Å². The zero-order chi connectivity index (χ0) is 25.4. The second kappa shape index (κ2) is 9.54. The van der Waals surface area contributed by atoms with Gasteiger partial charge >= 0.3 is 5.97 Å². The molecule has 0 aliphatic carbocycles. The van der Waals surface area contributed by atoms with Gasteiger partial charge in [-0.1, -0.05) is 17.4 Å². The fourth-order valence-electron chi connectivity index (χ4n) is 4.28. The first-order valence-electron chi connectivity index (χ1n) is 11.3. The van der Waals surface area contributed by atoms with Crippen molar-refractivity contribution in [2.75, 3.05) is 27.6 Å². The average molecular weight is 509 g/mol. The molecule has 0 N–H and O–H groups in total. The summed E-state index contributed by atoms with van der Waals surface area (Å²) in [5.74, 6) is 1.86. The molecule has 3 aromatic rings. The number of carbonyl (C=O) groups is 1. The van der Waals surface area contributed by atoms with Gasteiger partial charge in [0, 0.05) is 5.56 Å². The molecule has 5 rings (SSSR count). The summed E-state index contributed by atoms with van der Waals surface area (Å²) in [4.78, 5) is 31.9. The van der Waals surface area contributed by atoms with Crippen molar-refractivity contribution in [3.05, 3.63) is 78.5 Å². The van der Waals surface area contributed by atoms with Crippen molar-refractivity contribution in [1.29, 1.82) is 0 Å². The second-order valence-electron chi connectivity index (χ2n) is 8.02. The maximum atomic E-state index is 13.8. The van der Waals surface area contributed by atoms with Gasteiger partial charge in [-0.2, -0.15) is 0 Å². The Labute approximate surface area is 210 Å². The van der Waals surface area contributed by atoms with Gasteiger partial charge in [0.25, 0.3) is 5.56 Å². The Bertz CT molecular complexity index is 1570. The van der Waals surface area contributed by atoms with Crippen LogP contribution < -0.4 is 33.8 Å². The Balaban J connectivity index is 1.73. The van der Waals surface area contributed by atoms with Crippen LogP contribution in [0.5, 0.6) is 23.0 Å². The first-order chi connectivity index (χ1) is 17.4. The van der Waals surface area contributed by atoms with Crippen LogP contribution in [0.25, 0.3) is 6.08 Å². The molecule has 186 valence electrons. The van der Waals surface area contributed by atoms with E-state index < -0.39 is 12.0 Å². The van der Waals surface area contributed by atoms with E-state index in [-0.39, 0.29) is 19.0 Å². The second-order valence-corrected chi connectivity index (χ2v) is 9.03. The molecule has 1 aromatic heterocycles. The molecule has 0 saturated carbocycles. The SMILES string of the molecule is CCOC(=O)C1=C(C)N=c2s/c(=C\c3cc(OC)ccc3OC)c(=O)n2C1c1ccc2c(c1)OCO2. The number of allylic oxidation sites excluding steroid dienone is 1. The molecule has 0 amide bonds. The molecule has 1 atom stereocenters. The van der Waals surface area contributed by atoms with Gasteiger partial charge in [0.15, 0.2) is 16.3 Å². The molecular weight excluding hydrogens is 484 g/mol. The molecule has 2 aliphatic heterocycles. The van der Waals surface area contributed by atoms with Crippen molar-refractivity contribution in [3.8, 4) is 23.0 Å². The van der Waals surface area contributed by atoms with E-state index in [1.54, 1.807) is 64.5 Å². The molecule has 9 nitrogen and oxygen atoms in total. The van der Waals surface area contributed by atoms with Crippen LogP contribution in [-0.4, -0.2) is 38.2 Å². The Morgan fingerprint density at radius 3 is 2.72 bits per heavy atom. The summed E-state index contributed by atoms with van der Waals surface area (Å²) >= 11 is 1.23. The zero-order valence-corrected chi connectivity index (χ0v) is 21.0. The van der Waals surface area contributed by atoms with Crippen LogP contribution in [0.15, 0.2) is 57.5 Å². The van der Waals surface area contributed by atoms with Crippen molar-refractivity contribution in [1.82, 2.24) is 4.57 Å². The number of hydrogen-bond donors (Lipinski definition) is 0. The number of methoxy groups -OCH3 is 2. The smallest absolute Gasteiger partial charge is 0.338 e. The van der Waals surface area contributed by atoms with Gasteiger partial charge in [0.05, 0.1) is 42.7 Å². The van der Waals surface area contributed by atoms with E-state index in [1.165, 1.54) is 15.9 Å². The Kier molecular flexibility index (Phi) is 6.27. The van der Waals surface area contributed by atoms with Gasteiger partial charge in [-0.3, -0.25) is 9.36 Å². The molecule has 0 fully saturated rings. The highest BCUT2D eigenvalue weighted by atomic mass is 32.1. The summed E-state index contributed by atoms with van der Waals surface area (Å²) in [7, 11) is 3.14. The predicted octanol–water partition coefficient (Wildman–Crippen LogP) is 2.54. The molecule has 0 radical (unpaired) electrons. The fraction of sp³-hybridized carbons (Fsp3) is 0.269. The number of ether oxygens (including phenoxy) is 5. The summed E-state index contributed by atoms with van der Waals surface area (Å²) in [5.41, 5.74) is 1.86. The summed E-state index contributed by atoms with van der Waals surface area (Å²) in [6.45, 7) is 3.79. The third kappa shape index (κ3) is 4.03. The molecule has 0 spiro atoms. The number of aromatic nitrogens is 1. The van der Waals surface area contributed by atoms with E-state index in [2.05, 4.69) is 4.99 Å². The quantitative estimate of drug-likeness (QED) is 0.472. The minimum Gasteiger partial charge on any atom is -0.497 e. The lowest BCUT2D eigenvalue weighted by atomic mass is 9.95. The summed E-state index contributed by atoms with van der Waals surface area (Å²) in [6.07, 6.45) is 1.74. The molecule has 2 aliphatic rings. The van der Waals surface area contributed by atoms with Crippen molar-refractivity contribution in [2.45, 2.75) is 19.9 Å². The average Bonchev–Trinajstić information content (AvgIpc) is 3.47. The van der Waals surface area contributed by atoms with E-state index in [0.717, 1.165) is 0 Å². The van der Waals surface area contributed by atoms with Crippen LogP contribution in [-0.2, 0) is 9.53 Å². The molecular formula is C26H24N2O7S. The lowest BCUT2D eigenvalue weighted by Crippen LogP contribution is -2.39. The van der Waals surface area contributed by atoms with Crippen LogP contribution in [0.3, 0.4) is 0 Å². The minimum atomic E-state index is -0.746. The molecule has 0 saturated heterocycles. The van der Waals surface area contributed by atoms with Crippen molar-refractivity contribution in [3.63, 3.8) is 0 Å². The molecule has 3 heterocycles. The molecule has 10 heteroatoms. The summed E-state index contributed by atoms with van der Waals surface area (Å²) < 4.78 is 29.1. The molecule has 36 heavy (non-hydrogen) atoms. The van der Waals surface area contributed by atoms with E-state index in [0.29, 0.717) is 54.7 Å². The van der Waals surface area contributed by atoms with E-state index >= 15 is 0 Å². The monoisotopic (exact) mass is 508 g/mol. The Morgan fingerprint density at radius 2 is 1.97 bits per heavy atom. The van der Waals surface area contributed by atoms with Crippen molar-refractivity contribution in [2.24, 2.45) is 4.99 Å². The highest BCUT2D eigenvalue weighted by Gasteiger charge is 2.34. The molecule has 2 aromatic carbocycles. The molecule has 0 bridgehead atoms. The van der Waals surface area contributed by atoms with Crippen LogP contribution in [0.1, 0.15) is 31.0 Å². The van der Waals surface area contributed by atoms with E-state index in [1.807, 2.05) is 6.07 Å². The summed E-state index contributed by atoms with van der Waals surface area (Å²) in [5, 5.41) is 0. The third-order valence-corrected chi connectivity index (χ3v) is 6.94. The summed E-state index contributed by atoms with van der Waals surface area (Å²) in [6, 6.07) is 9.98. The number of fused-ring (bicyclic) bond motifs is 2. The van der Waals surface area contributed by atoms with Gasteiger partial charge in [0.1, 0.15) is 11.5 Å². The topological polar surface area (TPSA) is 97.6 Å². The highest BCUT2D eigenvalue weighted by Crippen LogP contribution is 2.38. The van der Waals surface area contributed by atoms with E-state index in [4.69, 9.17) is 23.7 Å².